The fraction of sp³-hybridized carbons (Fsp3) is 0.750. The van der Waals surface area contributed by atoms with E-state index in [2.05, 4.69) is 20.4 Å². The number of rotatable bonds is 1. The Morgan fingerprint density at radius 3 is 2.50 bits per heavy atom. The summed E-state index contributed by atoms with van der Waals surface area (Å²) in [4.78, 5) is 0. The molecular formula is C8H13BO. The lowest BCUT2D eigenvalue weighted by Crippen LogP contribution is -2.13. The summed E-state index contributed by atoms with van der Waals surface area (Å²) in [5, 5.41) is 0. The minimum absolute atomic E-state index is 0.127. The lowest BCUT2D eigenvalue weighted by Gasteiger charge is -2.07. The fourth-order valence-electron chi connectivity index (χ4n) is 1.26. The maximum Gasteiger partial charge on any atom is 0.109 e. The minimum Gasteiger partial charge on any atom is -0.380 e. The van der Waals surface area contributed by atoms with Crippen LogP contribution >= 0.6 is 0 Å². The van der Waals surface area contributed by atoms with Crippen molar-refractivity contribution in [1.29, 1.82) is 0 Å². The van der Waals surface area contributed by atoms with Crippen LogP contribution in [0.4, 0.5) is 0 Å². The molecule has 1 aliphatic rings. The first kappa shape index (κ1) is 7.87. The van der Waals surface area contributed by atoms with E-state index in [-0.39, 0.29) is 12.1 Å². The molecule has 2 radical (unpaired) electrons. The highest BCUT2D eigenvalue weighted by Gasteiger charge is 2.30. The van der Waals surface area contributed by atoms with Crippen molar-refractivity contribution in [2.24, 2.45) is 5.92 Å². The molecule has 0 saturated carbocycles. The molecule has 0 aliphatic carbocycles. The van der Waals surface area contributed by atoms with Gasteiger partial charge in [0, 0.05) is 6.00 Å². The molecule has 10 heavy (non-hydrogen) atoms. The molecule has 0 aromatic carbocycles. The van der Waals surface area contributed by atoms with Crippen molar-refractivity contribution in [3.8, 4) is 0 Å². The molecular weight excluding hydrogens is 123 g/mol. The monoisotopic (exact) mass is 136 g/mol. The first-order valence-corrected chi connectivity index (χ1v) is 3.76. The summed E-state index contributed by atoms with van der Waals surface area (Å²) >= 11 is 0. The maximum atomic E-state index is 5.65. The Labute approximate surface area is 63.9 Å². The maximum absolute atomic E-state index is 5.65. The van der Waals surface area contributed by atoms with Crippen LogP contribution in [-0.2, 0) is 4.74 Å². The van der Waals surface area contributed by atoms with Gasteiger partial charge in [-0.05, 0) is 17.9 Å². The van der Waals surface area contributed by atoms with Gasteiger partial charge in [-0.15, -0.1) is 0 Å². The van der Waals surface area contributed by atoms with Crippen LogP contribution < -0.4 is 0 Å². The third kappa shape index (κ3) is 1.13. The number of hydrogen-bond acceptors (Lipinski definition) is 1. The first-order chi connectivity index (χ1) is 4.66. The highest BCUT2D eigenvalue weighted by molar-refractivity contribution is 6.11. The predicted octanol–water partition coefficient (Wildman–Crippen LogP) is 1.48. The van der Waals surface area contributed by atoms with Crippen LogP contribution in [0.25, 0.3) is 0 Å². The Hall–Kier alpha value is -0.235. The topological polar surface area (TPSA) is 9.23 Å². The third-order valence-electron chi connectivity index (χ3n) is 2.18. The van der Waals surface area contributed by atoms with Crippen molar-refractivity contribution in [2.45, 2.75) is 32.4 Å². The molecule has 0 amide bonds. The smallest absolute Gasteiger partial charge is 0.109 e. The first-order valence-electron chi connectivity index (χ1n) is 3.76. The summed E-state index contributed by atoms with van der Waals surface area (Å²) in [6, 6.07) is -0.127. The molecule has 0 unspecified atom stereocenters. The molecule has 0 N–H and O–H groups in total. The molecule has 0 bridgehead atoms. The molecule has 3 atom stereocenters. The predicted molar refractivity (Wildman–Crippen MR) is 43.0 cm³/mol. The van der Waals surface area contributed by atoms with Gasteiger partial charge in [-0.1, -0.05) is 20.4 Å². The van der Waals surface area contributed by atoms with Gasteiger partial charge in [-0.25, -0.2) is 0 Å². The Morgan fingerprint density at radius 1 is 1.70 bits per heavy atom. The second kappa shape index (κ2) is 2.79. The molecule has 54 valence electrons. The molecule has 1 fully saturated rings. The zero-order chi connectivity index (χ0) is 7.72. The van der Waals surface area contributed by atoms with E-state index >= 15 is 0 Å². The quantitative estimate of drug-likeness (QED) is 0.391. The molecule has 0 aromatic heterocycles. The lowest BCUT2D eigenvalue weighted by atomic mass is 9.85. The van der Waals surface area contributed by atoms with E-state index in [1.165, 1.54) is 0 Å². The fourth-order valence-corrected chi connectivity index (χ4v) is 1.26. The van der Waals surface area contributed by atoms with Crippen molar-refractivity contribution < 1.29 is 4.74 Å². The molecule has 1 nitrogen and oxygen atoms in total. The lowest BCUT2D eigenvalue weighted by molar-refractivity contribution is 0.0879. The van der Waals surface area contributed by atoms with Crippen molar-refractivity contribution in [3.05, 3.63) is 12.2 Å². The van der Waals surface area contributed by atoms with Crippen LogP contribution in [0.2, 0.25) is 0 Å². The van der Waals surface area contributed by atoms with Crippen molar-refractivity contribution >= 4 is 7.85 Å². The highest BCUT2D eigenvalue weighted by Crippen LogP contribution is 2.30. The van der Waals surface area contributed by atoms with Gasteiger partial charge in [0.15, 0.2) is 0 Å². The Morgan fingerprint density at radius 2 is 2.30 bits per heavy atom. The SMILES string of the molecule is [B][C@H]1O[C@@H](CC)C(=C)[C@@H]1C. The highest BCUT2D eigenvalue weighted by atomic mass is 16.5. The average molecular weight is 136 g/mol. The van der Waals surface area contributed by atoms with Gasteiger partial charge >= 0.3 is 0 Å². The molecule has 1 saturated heterocycles. The summed E-state index contributed by atoms with van der Waals surface area (Å²) in [6.07, 6.45) is 1.18. The summed E-state index contributed by atoms with van der Waals surface area (Å²) in [7, 11) is 5.65. The van der Waals surface area contributed by atoms with Crippen LogP contribution in [0.3, 0.4) is 0 Å². The normalized spacial score (nSPS) is 40.6. The van der Waals surface area contributed by atoms with Crippen LogP contribution in [0.5, 0.6) is 0 Å². The van der Waals surface area contributed by atoms with E-state index in [0.717, 1.165) is 12.0 Å². The molecule has 2 heteroatoms. The largest absolute Gasteiger partial charge is 0.380 e. The summed E-state index contributed by atoms with van der Waals surface area (Å²) in [5.41, 5.74) is 1.15. The third-order valence-corrected chi connectivity index (χ3v) is 2.18. The van der Waals surface area contributed by atoms with Gasteiger partial charge in [0.25, 0.3) is 0 Å². The van der Waals surface area contributed by atoms with E-state index in [9.17, 15) is 0 Å². The van der Waals surface area contributed by atoms with Crippen molar-refractivity contribution in [1.82, 2.24) is 0 Å². The molecule has 0 aromatic rings. The van der Waals surface area contributed by atoms with Crippen LogP contribution in [-0.4, -0.2) is 20.0 Å². The molecule has 0 spiro atoms. The Bertz CT molecular complexity index is 144. The average Bonchev–Trinajstić information content (AvgIpc) is 2.17. The minimum atomic E-state index is -0.127. The molecule has 1 aliphatic heterocycles. The van der Waals surface area contributed by atoms with Gasteiger partial charge in [0.2, 0.25) is 0 Å². The van der Waals surface area contributed by atoms with Crippen molar-refractivity contribution in [2.75, 3.05) is 0 Å². The van der Waals surface area contributed by atoms with Crippen molar-refractivity contribution in [3.63, 3.8) is 0 Å². The van der Waals surface area contributed by atoms with E-state index in [1.807, 2.05) is 0 Å². The van der Waals surface area contributed by atoms with E-state index in [4.69, 9.17) is 12.6 Å². The van der Waals surface area contributed by atoms with E-state index in [1.54, 1.807) is 0 Å². The summed E-state index contributed by atoms with van der Waals surface area (Å²) in [6.45, 7) is 8.07. The standard InChI is InChI=1S/C8H13BO/c1-4-7-5(2)6(3)8(9)10-7/h6-8H,2,4H2,1,3H3/t6-,7-,8-/m0/s1. The second-order valence-electron chi connectivity index (χ2n) is 2.86. The van der Waals surface area contributed by atoms with Crippen LogP contribution in [0.15, 0.2) is 12.2 Å². The van der Waals surface area contributed by atoms with Gasteiger partial charge in [-0.2, -0.15) is 0 Å². The molecule has 1 rings (SSSR count). The second-order valence-corrected chi connectivity index (χ2v) is 2.86. The Balaban J connectivity index is 2.62. The van der Waals surface area contributed by atoms with Gasteiger partial charge in [0.1, 0.15) is 7.85 Å². The van der Waals surface area contributed by atoms with Gasteiger partial charge in [-0.3, -0.25) is 0 Å². The van der Waals surface area contributed by atoms with Crippen LogP contribution in [0, 0.1) is 5.92 Å². The molecule has 1 heterocycles. The van der Waals surface area contributed by atoms with Gasteiger partial charge < -0.3 is 4.74 Å². The van der Waals surface area contributed by atoms with E-state index in [0.29, 0.717) is 5.92 Å². The zero-order valence-corrected chi connectivity index (χ0v) is 6.63. The zero-order valence-electron chi connectivity index (χ0n) is 6.63. The van der Waals surface area contributed by atoms with Crippen LogP contribution in [0.1, 0.15) is 20.3 Å². The number of ether oxygens (including phenoxy) is 1. The Kier molecular flexibility index (Phi) is 2.19. The van der Waals surface area contributed by atoms with Gasteiger partial charge in [0.05, 0.1) is 6.10 Å². The number of hydrogen-bond donors (Lipinski definition) is 0. The summed E-state index contributed by atoms with van der Waals surface area (Å²) < 4.78 is 5.41. The summed E-state index contributed by atoms with van der Waals surface area (Å²) in [5.74, 6) is 0.324. The van der Waals surface area contributed by atoms with E-state index < -0.39 is 0 Å².